The van der Waals surface area contributed by atoms with Crippen LogP contribution in [0.5, 0.6) is 11.5 Å². The Morgan fingerprint density at radius 3 is 2.26 bits per heavy atom. The molecule has 1 amide bonds. The Morgan fingerprint density at radius 2 is 1.65 bits per heavy atom. The molecule has 0 bridgehead atoms. The van der Waals surface area contributed by atoms with Gasteiger partial charge in [0.05, 0.1) is 20.8 Å². The van der Waals surface area contributed by atoms with E-state index in [4.69, 9.17) is 9.47 Å². The van der Waals surface area contributed by atoms with Gasteiger partial charge in [0.2, 0.25) is 0 Å². The molecule has 31 heavy (non-hydrogen) atoms. The predicted octanol–water partition coefficient (Wildman–Crippen LogP) is 3.49. The lowest BCUT2D eigenvalue weighted by Gasteiger charge is -2.13. The molecule has 168 valence electrons. The van der Waals surface area contributed by atoms with Crippen molar-refractivity contribution in [1.82, 2.24) is 16.0 Å². The van der Waals surface area contributed by atoms with Crippen LogP contribution in [0, 0.1) is 0 Å². The first-order chi connectivity index (χ1) is 15.0. The summed E-state index contributed by atoms with van der Waals surface area (Å²) < 4.78 is 10.6. The number of ether oxygens (including phenoxy) is 2. The van der Waals surface area contributed by atoms with E-state index in [0.29, 0.717) is 30.2 Å². The Balaban J connectivity index is 1.98. The highest BCUT2D eigenvalue weighted by atomic mass is 16.5. The topological polar surface area (TPSA) is 84.0 Å². The summed E-state index contributed by atoms with van der Waals surface area (Å²) in [7, 11) is 3.24. The van der Waals surface area contributed by atoms with Crippen LogP contribution in [0.25, 0.3) is 0 Å². The Kier molecular flexibility index (Phi) is 9.68. The SMILES string of the molecule is CCNC(=NCc1ccc(OC)c(OC)c1)NCc1ccc(C(=O)NC(C)CC)cc1. The third-order valence-electron chi connectivity index (χ3n) is 4.88. The van der Waals surface area contributed by atoms with E-state index in [1.165, 1.54) is 0 Å². The molecule has 0 aromatic heterocycles. The lowest BCUT2D eigenvalue weighted by Crippen LogP contribution is -2.36. The van der Waals surface area contributed by atoms with Gasteiger partial charge >= 0.3 is 0 Å². The average molecular weight is 427 g/mol. The van der Waals surface area contributed by atoms with Gasteiger partial charge in [-0.1, -0.05) is 25.1 Å². The average Bonchev–Trinajstić information content (AvgIpc) is 2.80. The monoisotopic (exact) mass is 426 g/mol. The van der Waals surface area contributed by atoms with Crippen LogP contribution < -0.4 is 25.4 Å². The van der Waals surface area contributed by atoms with Crippen LogP contribution in [0.1, 0.15) is 48.7 Å². The molecule has 0 saturated heterocycles. The third-order valence-corrected chi connectivity index (χ3v) is 4.88. The molecule has 1 atom stereocenters. The highest BCUT2D eigenvalue weighted by molar-refractivity contribution is 5.94. The Hall–Kier alpha value is -3.22. The maximum atomic E-state index is 12.2. The summed E-state index contributed by atoms with van der Waals surface area (Å²) in [4.78, 5) is 16.9. The molecule has 0 saturated carbocycles. The van der Waals surface area contributed by atoms with Crippen molar-refractivity contribution < 1.29 is 14.3 Å². The molecule has 0 fully saturated rings. The number of aliphatic imine (C=N–C) groups is 1. The number of amides is 1. The van der Waals surface area contributed by atoms with E-state index in [9.17, 15) is 4.79 Å². The zero-order chi connectivity index (χ0) is 22.6. The van der Waals surface area contributed by atoms with Gasteiger partial charge < -0.3 is 25.4 Å². The second kappa shape index (κ2) is 12.5. The van der Waals surface area contributed by atoms with Crippen LogP contribution in [0.4, 0.5) is 0 Å². The van der Waals surface area contributed by atoms with E-state index in [2.05, 4.69) is 20.9 Å². The first-order valence-electron chi connectivity index (χ1n) is 10.6. The van der Waals surface area contributed by atoms with Gasteiger partial charge in [-0.25, -0.2) is 4.99 Å². The summed E-state index contributed by atoms with van der Waals surface area (Å²) in [5.74, 6) is 2.06. The van der Waals surface area contributed by atoms with E-state index in [1.54, 1.807) is 14.2 Å². The maximum Gasteiger partial charge on any atom is 0.251 e. The summed E-state index contributed by atoms with van der Waals surface area (Å²) in [5.41, 5.74) is 2.75. The van der Waals surface area contributed by atoms with Gasteiger partial charge in [-0.2, -0.15) is 0 Å². The number of benzene rings is 2. The fourth-order valence-electron chi connectivity index (χ4n) is 2.86. The first kappa shape index (κ1) is 24.1. The van der Waals surface area contributed by atoms with Crippen molar-refractivity contribution in [2.75, 3.05) is 20.8 Å². The van der Waals surface area contributed by atoms with Gasteiger partial charge in [0.1, 0.15) is 0 Å². The molecule has 0 spiro atoms. The number of carbonyl (C=O) groups is 1. The van der Waals surface area contributed by atoms with Crippen molar-refractivity contribution in [2.24, 2.45) is 4.99 Å². The van der Waals surface area contributed by atoms with Gasteiger partial charge in [-0.05, 0) is 55.7 Å². The minimum atomic E-state index is -0.0429. The molecule has 2 aromatic rings. The molecule has 0 aliphatic rings. The van der Waals surface area contributed by atoms with Crippen molar-refractivity contribution in [1.29, 1.82) is 0 Å². The molecule has 0 heterocycles. The molecule has 0 radical (unpaired) electrons. The molecular formula is C24H34N4O3. The Bertz CT molecular complexity index is 866. The normalized spacial score (nSPS) is 12.1. The number of nitrogens with one attached hydrogen (secondary N) is 3. The van der Waals surface area contributed by atoms with Gasteiger partial charge in [0.15, 0.2) is 17.5 Å². The van der Waals surface area contributed by atoms with Gasteiger partial charge in [0.25, 0.3) is 5.91 Å². The molecule has 1 unspecified atom stereocenters. The standard InChI is InChI=1S/C24H34N4O3/c1-6-17(3)28-23(29)20-11-8-18(9-12-20)15-26-24(25-7-2)27-16-19-10-13-21(30-4)22(14-19)31-5/h8-14,17H,6-7,15-16H2,1-5H3,(H,28,29)(H2,25,26,27). The largest absolute Gasteiger partial charge is 0.493 e. The number of nitrogens with zero attached hydrogens (tertiary/aromatic N) is 1. The highest BCUT2D eigenvalue weighted by Crippen LogP contribution is 2.27. The predicted molar refractivity (Wildman–Crippen MR) is 125 cm³/mol. The molecular weight excluding hydrogens is 392 g/mol. The molecule has 7 nitrogen and oxygen atoms in total. The van der Waals surface area contributed by atoms with Crippen molar-refractivity contribution >= 4 is 11.9 Å². The highest BCUT2D eigenvalue weighted by Gasteiger charge is 2.08. The van der Waals surface area contributed by atoms with Crippen molar-refractivity contribution in [3.05, 3.63) is 59.2 Å². The lowest BCUT2D eigenvalue weighted by atomic mass is 10.1. The lowest BCUT2D eigenvalue weighted by molar-refractivity contribution is 0.0939. The molecule has 3 N–H and O–H groups in total. The molecule has 0 aliphatic heterocycles. The van der Waals surface area contributed by atoms with Gasteiger partial charge in [-0.3, -0.25) is 4.79 Å². The molecule has 2 rings (SSSR count). The number of hydrogen-bond donors (Lipinski definition) is 3. The number of carbonyl (C=O) groups excluding carboxylic acids is 1. The van der Waals surface area contributed by atoms with Crippen molar-refractivity contribution in [3.63, 3.8) is 0 Å². The van der Waals surface area contributed by atoms with E-state index < -0.39 is 0 Å². The minimum absolute atomic E-state index is 0.0429. The van der Waals surface area contributed by atoms with E-state index in [1.807, 2.05) is 63.2 Å². The van der Waals surface area contributed by atoms with Gasteiger partial charge in [0, 0.05) is 24.7 Å². The van der Waals surface area contributed by atoms with Crippen LogP contribution in [-0.4, -0.2) is 38.7 Å². The first-order valence-corrected chi connectivity index (χ1v) is 10.6. The smallest absolute Gasteiger partial charge is 0.251 e. The van der Waals surface area contributed by atoms with Crippen LogP contribution in [-0.2, 0) is 13.1 Å². The fraction of sp³-hybridized carbons (Fsp3) is 0.417. The van der Waals surface area contributed by atoms with Crippen LogP contribution in [0.3, 0.4) is 0 Å². The number of methoxy groups -OCH3 is 2. The number of rotatable bonds is 10. The summed E-state index contributed by atoms with van der Waals surface area (Å²) >= 11 is 0. The summed E-state index contributed by atoms with van der Waals surface area (Å²) in [6, 6.07) is 13.5. The minimum Gasteiger partial charge on any atom is -0.493 e. The molecule has 7 heteroatoms. The summed E-state index contributed by atoms with van der Waals surface area (Å²) in [6.07, 6.45) is 0.906. The number of hydrogen-bond acceptors (Lipinski definition) is 4. The van der Waals surface area contributed by atoms with Gasteiger partial charge in [-0.15, -0.1) is 0 Å². The van der Waals surface area contributed by atoms with Crippen LogP contribution >= 0.6 is 0 Å². The van der Waals surface area contributed by atoms with E-state index >= 15 is 0 Å². The van der Waals surface area contributed by atoms with E-state index in [-0.39, 0.29) is 11.9 Å². The van der Waals surface area contributed by atoms with Crippen molar-refractivity contribution in [2.45, 2.75) is 46.3 Å². The van der Waals surface area contributed by atoms with Crippen molar-refractivity contribution in [3.8, 4) is 11.5 Å². The Morgan fingerprint density at radius 1 is 0.968 bits per heavy atom. The zero-order valence-electron chi connectivity index (χ0n) is 19.1. The van der Waals surface area contributed by atoms with Crippen LogP contribution in [0.2, 0.25) is 0 Å². The quantitative estimate of drug-likeness (QED) is 0.400. The van der Waals surface area contributed by atoms with E-state index in [0.717, 1.165) is 30.1 Å². The number of guanidine groups is 1. The Labute approximate surface area is 185 Å². The summed E-state index contributed by atoms with van der Waals surface area (Å²) in [6.45, 7) is 7.94. The molecule has 0 aliphatic carbocycles. The summed E-state index contributed by atoms with van der Waals surface area (Å²) in [5, 5.41) is 9.56. The molecule has 2 aromatic carbocycles. The third kappa shape index (κ3) is 7.51. The maximum absolute atomic E-state index is 12.2. The zero-order valence-corrected chi connectivity index (χ0v) is 19.1. The second-order valence-corrected chi connectivity index (χ2v) is 7.22. The van der Waals surface area contributed by atoms with Crippen LogP contribution in [0.15, 0.2) is 47.5 Å². The fourth-order valence-corrected chi connectivity index (χ4v) is 2.86. The second-order valence-electron chi connectivity index (χ2n) is 7.22.